The fourth-order valence-corrected chi connectivity index (χ4v) is 12.9. The second kappa shape index (κ2) is 15.8. The second-order valence-electron chi connectivity index (χ2n) is 24.2. The summed E-state index contributed by atoms with van der Waals surface area (Å²) < 4.78 is 14.5. The molecule has 0 N–H and O–H groups in total. The number of anilines is 6. The lowest BCUT2D eigenvalue weighted by atomic mass is 9.72. The fraction of sp³-hybridized carbons (Fsp3) is 0.229. The van der Waals surface area contributed by atoms with Crippen LogP contribution in [0.5, 0.6) is 0 Å². The molecule has 0 bridgehead atoms. The Kier molecular flexibility index (Phi) is 9.85. The minimum absolute atomic E-state index is 0.0214. The highest BCUT2D eigenvalue weighted by Crippen LogP contribution is 2.64. The molecule has 13 rings (SSSR count). The maximum Gasteiger partial charge on any atom is 0.145 e. The predicted molar refractivity (Wildman–Crippen MR) is 312 cm³/mol. The summed E-state index contributed by atoms with van der Waals surface area (Å²) in [5.41, 5.74) is 24.6. The van der Waals surface area contributed by atoms with Gasteiger partial charge >= 0.3 is 0 Å². The van der Waals surface area contributed by atoms with Gasteiger partial charge in [-0.3, -0.25) is 0 Å². The molecular formula is C70H64N2O2. The first-order chi connectivity index (χ1) is 35.3. The van der Waals surface area contributed by atoms with Crippen molar-refractivity contribution in [3.8, 4) is 22.3 Å². The van der Waals surface area contributed by atoms with E-state index in [1.54, 1.807) is 0 Å². The summed E-state index contributed by atoms with van der Waals surface area (Å²) in [5, 5.41) is 4.46. The number of para-hydroxylation sites is 4. The van der Waals surface area contributed by atoms with Gasteiger partial charge in [-0.2, -0.15) is 0 Å². The Morgan fingerprint density at radius 3 is 1.11 bits per heavy atom. The van der Waals surface area contributed by atoms with Crippen LogP contribution in [0.4, 0.5) is 34.1 Å². The average molecular weight is 965 g/mol. The Bertz CT molecular complexity index is 3840. The molecule has 4 nitrogen and oxygen atoms in total. The van der Waals surface area contributed by atoms with Gasteiger partial charge in [-0.1, -0.05) is 178 Å². The van der Waals surface area contributed by atoms with Crippen LogP contribution in [0.2, 0.25) is 0 Å². The van der Waals surface area contributed by atoms with Crippen molar-refractivity contribution in [3.05, 3.63) is 214 Å². The standard InChI is InChI=1S/C70H64N2O2/c1-41-21-13-17-25-53(41)71(45-33-29-43(30-34-45)67(3,4)5)55-39-51-59(65-61(55)47-23-15-19-27-57(47)73-65)49-37-38-50-60-52(70(11,12)64(50)63(49)69(51,9)10)40-56(62-48-24-16-20-28-58(48)74-66(60)62)72(54-26-18-14-22-42(54)2)46-35-31-44(32-36-46)68(6,7)8/h13-40H,1-12H3. The SMILES string of the molecule is Cc1ccccc1N(c1ccc(C(C)(C)C)cc1)c1cc2c(c3oc4ccccc4c13)-c1ccc3c(c1C2(C)C)C(C)(C)c1cc(N(c2ccc(C(C)(C)C)cc2)c2ccccc2C)c2c(oc4ccccc42)c1-3. The highest BCUT2D eigenvalue weighted by molar-refractivity contribution is 6.21. The van der Waals surface area contributed by atoms with Crippen molar-refractivity contribution in [1.29, 1.82) is 0 Å². The molecule has 0 radical (unpaired) electrons. The summed E-state index contributed by atoms with van der Waals surface area (Å²) in [5.74, 6) is 0. The van der Waals surface area contributed by atoms with Crippen molar-refractivity contribution >= 4 is 78.0 Å². The number of rotatable bonds is 6. The van der Waals surface area contributed by atoms with E-state index in [-0.39, 0.29) is 10.8 Å². The maximum atomic E-state index is 7.24. The van der Waals surface area contributed by atoms with Gasteiger partial charge in [0.2, 0.25) is 0 Å². The van der Waals surface area contributed by atoms with Crippen molar-refractivity contribution in [2.24, 2.45) is 0 Å². The molecule has 0 saturated heterocycles. The lowest BCUT2D eigenvalue weighted by molar-refractivity contribution is 0.590. The molecule has 0 unspecified atom stereocenters. The number of nitrogens with zero attached hydrogens (tertiary/aromatic N) is 2. The molecule has 0 saturated carbocycles. The van der Waals surface area contributed by atoms with Crippen LogP contribution in [-0.4, -0.2) is 0 Å². The Balaban J connectivity index is 1.07. The zero-order chi connectivity index (χ0) is 51.4. The Morgan fingerprint density at radius 1 is 0.392 bits per heavy atom. The summed E-state index contributed by atoms with van der Waals surface area (Å²) >= 11 is 0. The van der Waals surface area contributed by atoms with Gasteiger partial charge in [0.05, 0.1) is 22.1 Å². The van der Waals surface area contributed by atoms with Gasteiger partial charge in [0, 0.05) is 55.5 Å². The van der Waals surface area contributed by atoms with E-state index < -0.39 is 10.8 Å². The van der Waals surface area contributed by atoms with Crippen molar-refractivity contribution < 1.29 is 8.83 Å². The van der Waals surface area contributed by atoms with E-state index >= 15 is 0 Å². The molecule has 2 aliphatic carbocycles. The van der Waals surface area contributed by atoms with Crippen LogP contribution in [0.1, 0.15) is 114 Å². The Labute approximate surface area is 435 Å². The summed E-state index contributed by atoms with van der Waals surface area (Å²) in [4.78, 5) is 4.96. The van der Waals surface area contributed by atoms with Crippen LogP contribution in [0, 0.1) is 13.8 Å². The summed E-state index contributed by atoms with van der Waals surface area (Å²) in [6.07, 6.45) is 0. The molecule has 74 heavy (non-hydrogen) atoms. The largest absolute Gasteiger partial charge is 0.455 e. The number of aryl methyl sites for hydroxylation is 2. The molecule has 0 aliphatic heterocycles. The molecule has 366 valence electrons. The van der Waals surface area contributed by atoms with E-state index in [0.717, 1.165) is 78.0 Å². The molecule has 9 aromatic carbocycles. The highest BCUT2D eigenvalue weighted by Gasteiger charge is 2.49. The third kappa shape index (κ3) is 6.59. The Hall–Kier alpha value is -7.82. The van der Waals surface area contributed by atoms with Crippen LogP contribution >= 0.6 is 0 Å². The van der Waals surface area contributed by atoms with Crippen LogP contribution < -0.4 is 9.80 Å². The third-order valence-electron chi connectivity index (χ3n) is 16.8. The van der Waals surface area contributed by atoms with E-state index in [1.165, 1.54) is 66.8 Å². The minimum Gasteiger partial charge on any atom is -0.455 e. The van der Waals surface area contributed by atoms with Gasteiger partial charge < -0.3 is 18.6 Å². The predicted octanol–water partition coefficient (Wildman–Crippen LogP) is 20.2. The molecule has 0 fully saturated rings. The zero-order valence-corrected chi connectivity index (χ0v) is 44.9. The molecule has 2 aromatic heterocycles. The molecule has 11 aromatic rings. The van der Waals surface area contributed by atoms with Gasteiger partial charge in [-0.05, 0) is 141 Å². The van der Waals surface area contributed by atoms with E-state index in [9.17, 15) is 0 Å². The second-order valence-corrected chi connectivity index (χ2v) is 24.2. The van der Waals surface area contributed by atoms with E-state index in [0.29, 0.717) is 0 Å². The summed E-state index contributed by atoms with van der Waals surface area (Å²) in [6.45, 7) is 27.9. The van der Waals surface area contributed by atoms with Crippen molar-refractivity contribution in [2.75, 3.05) is 9.80 Å². The molecule has 4 heteroatoms. The first-order valence-electron chi connectivity index (χ1n) is 26.4. The quantitative estimate of drug-likeness (QED) is 0.166. The lowest BCUT2D eigenvalue weighted by Crippen LogP contribution is -2.24. The summed E-state index contributed by atoms with van der Waals surface area (Å²) in [7, 11) is 0. The van der Waals surface area contributed by atoms with Gasteiger partial charge in [0.25, 0.3) is 0 Å². The van der Waals surface area contributed by atoms with Gasteiger partial charge in [-0.15, -0.1) is 0 Å². The molecule has 0 amide bonds. The van der Waals surface area contributed by atoms with Gasteiger partial charge in [0.1, 0.15) is 22.3 Å². The minimum atomic E-state index is -0.428. The molecular weight excluding hydrogens is 901 g/mol. The monoisotopic (exact) mass is 964 g/mol. The van der Waals surface area contributed by atoms with Crippen molar-refractivity contribution in [2.45, 2.75) is 105 Å². The van der Waals surface area contributed by atoms with E-state index in [4.69, 9.17) is 8.83 Å². The average Bonchev–Trinajstić information content (AvgIpc) is 4.09. The zero-order valence-electron chi connectivity index (χ0n) is 44.9. The molecule has 0 spiro atoms. The summed E-state index contributed by atoms with van der Waals surface area (Å²) in [6, 6.07) is 62.9. The number of hydrogen-bond acceptors (Lipinski definition) is 4. The van der Waals surface area contributed by atoms with Crippen LogP contribution in [-0.2, 0) is 21.7 Å². The number of benzene rings is 9. The first-order valence-corrected chi connectivity index (χ1v) is 26.4. The van der Waals surface area contributed by atoms with Crippen LogP contribution in [0.15, 0.2) is 179 Å². The number of hydrogen-bond donors (Lipinski definition) is 0. The van der Waals surface area contributed by atoms with Crippen molar-refractivity contribution in [3.63, 3.8) is 0 Å². The maximum absolute atomic E-state index is 7.24. The first kappa shape index (κ1) is 46.0. The highest BCUT2D eigenvalue weighted by atomic mass is 16.3. The Morgan fingerprint density at radius 2 is 0.743 bits per heavy atom. The van der Waals surface area contributed by atoms with Crippen LogP contribution in [0.25, 0.3) is 66.1 Å². The molecule has 0 atom stereocenters. The fourth-order valence-electron chi connectivity index (χ4n) is 12.9. The number of furan rings is 2. The normalized spacial score (nSPS) is 14.4. The molecule has 2 heterocycles. The van der Waals surface area contributed by atoms with Gasteiger partial charge in [0.15, 0.2) is 0 Å². The van der Waals surface area contributed by atoms with E-state index in [1.807, 2.05) is 0 Å². The third-order valence-corrected chi connectivity index (χ3v) is 16.8. The molecule has 2 aliphatic rings. The topological polar surface area (TPSA) is 32.8 Å². The number of fused-ring (bicyclic) bond motifs is 15. The lowest BCUT2D eigenvalue weighted by Gasteiger charge is -2.33. The van der Waals surface area contributed by atoms with Crippen LogP contribution in [0.3, 0.4) is 0 Å². The smallest absolute Gasteiger partial charge is 0.145 e. The van der Waals surface area contributed by atoms with Gasteiger partial charge in [-0.25, -0.2) is 0 Å². The van der Waals surface area contributed by atoms with E-state index in [2.05, 4.69) is 263 Å². The van der Waals surface area contributed by atoms with Crippen molar-refractivity contribution in [1.82, 2.24) is 0 Å².